The SMILES string of the molecule is CN1CCCc2cc([C@@H](CNC(=O)Nc3ccc4c(c3)OCO4)N3CCCC3)ccc21. The predicted molar refractivity (Wildman–Crippen MR) is 121 cm³/mol. The summed E-state index contributed by atoms with van der Waals surface area (Å²) in [5, 5.41) is 6.00. The fraction of sp³-hybridized carbons (Fsp3) is 0.458. The Labute approximate surface area is 183 Å². The van der Waals surface area contributed by atoms with Gasteiger partial charge in [0.15, 0.2) is 11.5 Å². The van der Waals surface area contributed by atoms with E-state index in [0.717, 1.165) is 26.1 Å². The van der Waals surface area contributed by atoms with Crippen molar-refractivity contribution in [3.63, 3.8) is 0 Å². The number of ether oxygens (including phenoxy) is 2. The van der Waals surface area contributed by atoms with Crippen molar-refractivity contribution in [3.8, 4) is 11.5 Å². The maximum absolute atomic E-state index is 12.6. The molecule has 0 radical (unpaired) electrons. The van der Waals surface area contributed by atoms with Gasteiger partial charge >= 0.3 is 6.03 Å². The van der Waals surface area contributed by atoms with Crippen LogP contribution in [0.15, 0.2) is 36.4 Å². The van der Waals surface area contributed by atoms with Gasteiger partial charge in [-0.25, -0.2) is 4.79 Å². The number of anilines is 2. The lowest BCUT2D eigenvalue weighted by Gasteiger charge is -2.32. The fourth-order valence-electron chi connectivity index (χ4n) is 4.86. The van der Waals surface area contributed by atoms with Crippen molar-refractivity contribution >= 4 is 17.4 Å². The van der Waals surface area contributed by atoms with Crippen LogP contribution in [-0.4, -0.2) is 51.0 Å². The van der Waals surface area contributed by atoms with Gasteiger partial charge in [0.2, 0.25) is 6.79 Å². The summed E-state index contributed by atoms with van der Waals surface area (Å²) in [6.07, 6.45) is 4.75. The largest absolute Gasteiger partial charge is 0.454 e. The molecule has 2 aromatic carbocycles. The van der Waals surface area contributed by atoms with Crippen LogP contribution in [0.3, 0.4) is 0 Å². The first-order valence-electron chi connectivity index (χ1n) is 11.2. The minimum absolute atomic E-state index is 0.183. The Kier molecular flexibility index (Phi) is 5.59. The smallest absolute Gasteiger partial charge is 0.319 e. The first kappa shape index (κ1) is 20.0. The molecule has 3 aliphatic heterocycles. The molecule has 5 rings (SSSR count). The lowest BCUT2D eigenvalue weighted by atomic mass is 9.96. The van der Waals surface area contributed by atoms with E-state index in [4.69, 9.17) is 9.47 Å². The summed E-state index contributed by atoms with van der Waals surface area (Å²) in [7, 11) is 2.16. The number of carbonyl (C=O) groups excluding carboxylic acids is 1. The second kappa shape index (κ2) is 8.67. The van der Waals surface area contributed by atoms with Crippen LogP contribution in [0.4, 0.5) is 16.2 Å². The molecule has 3 aliphatic rings. The number of rotatable bonds is 5. The second-order valence-corrected chi connectivity index (χ2v) is 8.58. The first-order chi connectivity index (χ1) is 15.2. The van der Waals surface area contributed by atoms with E-state index in [1.54, 1.807) is 6.07 Å². The molecule has 0 unspecified atom stereocenters. The van der Waals surface area contributed by atoms with E-state index < -0.39 is 0 Å². The zero-order valence-electron chi connectivity index (χ0n) is 18.0. The molecule has 0 aliphatic carbocycles. The van der Waals surface area contributed by atoms with Crippen LogP contribution in [-0.2, 0) is 6.42 Å². The van der Waals surface area contributed by atoms with E-state index in [9.17, 15) is 4.79 Å². The van der Waals surface area contributed by atoms with Crippen LogP contribution in [0, 0.1) is 0 Å². The van der Waals surface area contributed by atoms with Crippen LogP contribution in [0.25, 0.3) is 0 Å². The molecule has 1 atom stereocenters. The molecule has 31 heavy (non-hydrogen) atoms. The van der Waals surface area contributed by atoms with Crippen molar-refractivity contribution < 1.29 is 14.3 Å². The van der Waals surface area contributed by atoms with Crippen LogP contribution in [0.2, 0.25) is 0 Å². The highest BCUT2D eigenvalue weighted by molar-refractivity contribution is 5.89. The Morgan fingerprint density at radius 1 is 1.03 bits per heavy atom. The molecule has 2 N–H and O–H groups in total. The number of aryl methyl sites for hydroxylation is 1. The Morgan fingerprint density at radius 2 is 1.87 bits per heavy atom. The van der Waals surface area contributed by atoms with Gasteiger partial charge in [-0.3, -0.25) is 4.90 Å². The number of hydrogen-bond acceptors (Lipinski definition) is 5. The van der Waals surface area contributed by atoms with Crippen molar-refractivity contribution in [2.24, 2.45) is 0 Å². The van der Waals surface area contributed by atoms with E-state index in [0.29, 0.717) is 23.7 Å². The van der Waals surface area contributed by atoms with Gasteiger partial charge in [0.1, 0.15) is 0 Å². The van der Waals surface area contributed by atoms with Crippen LogP contribution < -0.4 is 25.0 Å². The van der Waals surface area contributed by atoms with Gasteiger partial charge in [0.25, 0.3) is 0 Å². The monoisotopic (exact) mass is 422 g/mol. The highest BCUT2D eigenvalue weighted by Gasteiger charge is 2.25. The average Bonchev–Trinajstić information content (AvgIpc) is 3.46. The number of likely N-dealkylation sites (tertiary alicyclic amines) is 1. The molecule has 7 heteroatoms. The van der Waals surface area contributed by atoms with Crippen molar-refractivity contribution in [2.45, 2.75) is 31.7 Å². The van der Waals surface area contributed by atoms with E-state index in [1.807, 2.05) is 12.1 Å². The lowest BCUT2D eigenvalue weighted by Crippen LogP contribution is -2.38. The fourth-order valence-corrected chi connectivity index (χ4v) is 4.86. The highest BCUT2D eigenvalue weighted by Crippen LogP contribution is 2.34. The topological polar surface area (TPSA) is 66.1 Å². The van der Waals surface area contributed by atoms with E-state index in [2.05, 4.69) is 45.7 Å². The molecular formula is C24H30N4O3. The van der Waals surface area contributed by atoms with Gasteiger partial charge in [0.05, 0.1) is 6.04 Å². The Morgan fingerprint density at radius 3 is 2.74 bits per heavy atom. The number of benzene rings is 2. The Hall–Kier alpha value is -2.93. The van der Waals surface area contributed by atoms with Gasteiger partial charge in [-0.05, 0) is 68.1 Å². The normalized spacial score (nSPS) is 18.5. The van der Waals surface area contributed by atoms with E-state index in [-0.39, 0.29) is 18.9 Å². The summed E-state index contributed by atoms with van der Waals surface area (Å²) in [5.41, 5.74) is 4.74. The molecule has 0 spiro atoms. The number of carbonyl (C=O) groups is 1. The molecule has 0 saturated carbocycles. The predicted octanol–water partition coefficient (Wildman–Crippen LogP) is 3.76. The minimum atomic E-state index is -0.208. The molecule has 2 amide bonds. The maximum Gasteiger partial charge on any atom is 0.319 e. The molecular weight excluding hydrogens is 392 g/mol. The van der Waals surface area contributed by atoms with Crippen LogP contribution in [0.5, 0.6) is 11.5 Å². The van der Waals surface area contributed by atoms with Crippen LogP contribution in [0.1, 0.15) is 36.4 Å². The third kappa shape index (κ3) is 4.28. The molecule has 7 nitrogen and oxygen atoms in total. The molecule has 0 aromatic heterocycles. The lowest BCUT2D eigenvalue weighted by molar-refractivity contribution is 0.174. The summed E-state index contributed by atoms with van der Waals surface area (Å²) in [4.78, 5) is 17.5. The summed E-state index contributed by atoms with van der Waals surface area (Å²) in [6.45, 7) is 4.06. The third-order valence-electron chi connectivity index (χ3n) is 6.51. The number of hydrogen-bond donors (Lipinski definition) is 2. The molecule has 1 fully saturated rings. The number of nitrogens with one attached hydrogen (secondary N) is 2. The number of nitrogens with zero attached hydrogens (tertiary/aromatic N) is 2. The zero-order chi connectivity index (χ0) is 21.2. The van der Waals surface area contributed by atoms with Crippen LogP contribution >= 0.6 is 0 Å². The summed E-state index contributed by atoms with van der Waals surface area (Å²) >= 11 is 0. The number of fused-ring (bicyclic) bond motifs is 2. The third-order valence-corrected chi connectivity index (χ3v) is 6.51. The number of urea groups is 1. The van der Waals surface area contributed by atoms with Gasteiger partial charge in [-0.15, -0.1) is 0 Å². The van der Waals surface area contributed by atoms with E-state index >= 15 is 0 Å². The van der Waals surface area contributed by atoms with Crippen molar-refractivity contribution in [3.05, 3.63) is 47.5 Å². The van der Waals surface area contributed by atoms with Crippen molar-refractivity contribution in [2.75, 3.05) is 50.2 Å². The Bertz CT molecular complexity index is 958. The van der Waals surface area contributed by atoms with Gasteiger partial charge in [0, 0.05) is 37.6 Å². The average molecular weight is 423 g/mol. The second-order valence-electron chi connectivity index (χ2n) is 8.58. The van der Waals surface area contributed by atoms with Gasteiger partial charge in [-0.2, -0.15) is 0 Å². The molecule has 1 saturated heterocycles. The van der Waals surface area contributed by atoms with E-state index in [1.165, 1.54) is 36.1 Å². The standard InChI is InChI=1S/C24H30N4O3/c1-27-10-4-5-17-13-18(6-8-20(17)27)21(28-11-2-3-12-28)15-25-24(29)26-19-7-9-22-23(14-19)31-16-30-22/h6-9,13-14,21H,2-5,10-12,15-16H2,1H3,(H2,25,26,29)/t21-/m1/s1. The zero-order valence-corrected chi connectivity index (χ0v) is 18.0. The molecule has 3 heterocycles. The number of amides is 2. The summed E-state index contributed by atoms with van der Waals surface area (Å²) < 4.78 is 10.7. The minimum Gasteiger partial charge on any atom is -0.454 e. The Balaban J connectivity index is 1.28. The maximum atomic E-state index is 12.6. The van der Waals surface area contributed by atoms with Crippen molar-refractivity contribution in [1.82, 2.24) is 10.2 Å². The van der Waals surface area contributed by atoms with Gasteiger partial charge < -0.3 is 25.0 Å². The van der Waals surface area contributed by atoms with Gasteiger partial charge in [-0.1, -0.05) is 12.1 Å². The molecule has 0 bridgehead atoms. The first-order valence-corrected chi connectivity index (χ1v) is 11.2. The highest BCUT2D eigenvalue weighted by atomic mass is 16.7. The molecule has 2 aromatic rings. The molecule has 164 valence electrons. The van der Waals surface area contributed by atoms with Crippen molar-refractivity contribution in [1.29, 1.82) is 0 Å². The summed E-state index contributed by atoms with van der Waals surface area (Å²) in [6, 6.07) is 12.2. The quantitative estimate of drug-likeness (QED) is 0.768. The summed E-state index contributed by atoms with van der Waals surface area (Å²) in [5.74, 6) is 1.37.